The Balaban J connectivity index is 2.01. The molecule has 8 nitrogen and oxygen atoms in total. The molecule has 29 heavy (non-hydrogen) atoms. The van der Waals surface area contributed by atoms with Crippen LogP contribution < -0.4 is 10.6 Å². The second-order valence-electron chi connectivity index (χ2n) is 7.31. The molecule has 0 aliphatic carbocycles. The molecular weight excluding hydrogens is 396 g/mol. The van der Waals surface area contributed by atoms with Crippen LogP contribution in [0.4, 0.5) is 0 Å². The Morgan fingerprint density at radius 3 is 2.52 bits per heavy atom. The Hall–Kier alpha value is -1.65. The van der Waals surface area contributed by atoms with Crippen molar-refractivity contribution in [2.24, 2.45) is 0 Å². The summed E-state index contributed by atoms with van der Waals surface area (Å²) in [6, 6.07) is 8.88. The molecule has 0 radical (unpaired) electrons. The van der Waals surface area contributed by atoms with Crippen molar-refractivity contribution in [3.05, 3.63) is 35.9 Å². The van der Waals surface area contributed by atoms with E-state index in [1.807, 2.05) is 37.3 Å². The van der Waals surface area contributed by atoms with Crippen molar-refractivity contribution in [1.29, 1.82) is 0 Å². The number of ether oxygens (including phenoxy) is 2. The fraction of sp³-hybridized carbons (Fsp3) is 0.600. The van der Waals surface area contributed by atoms with Crippen molar-refractivity contribution in [3.63, 3.8) is 0 Å². The molecule has 162 valence electrons. The Bertz CT molecular complexity index is 676. The molecule has 1 aliphatic rings. The lowest BCUT2D eigenvalue weighted by Gasteiger charge is -2.43. The number of amides is 2. The highest BCUT2D eigenvalue weighted by Gasteiger charge is 2.46. The Kier molecular flexibility index (Phi) is 8.91. The predicted octanol–water partition coefficient (Wildman–Crippen LogP) is 0.0201. The normalized spacial score (nSPS) is 29.0. The van der Waals surface area contributed by atoms with Crippen molar-refractivity contribution in [2.45, 2.75) is 69.1 Å². The summed E-state index contributed by atoms with van der Waals surface area (Å²) in [5.74, 6) is -0.695. The Morgan fingerprint density at radius 1 is 1.28 bits per heavy atom. The first-order valence-electron chi connectivity index (χ1n) is 9.62. The van der Waals surface area contributed by atoms with Gasteiger partial charge in [0.1, 0.15) is 29.9 Å². The van der Waals surface area contributed by atoms with Crippen LogP contribution in [0.2, 0.25) is 0 Å². The third-order valence-electron chi connectivity index (χ3n) is 4.75. The number of carbonyl (C=O) groups excluding carboxylic acids is 2. The van der Waals surface area contributed by atoms with Crippen LogP contribution in [0.3, 0.4) is 0 Å². The summed E-state index contributed by atoms with van der Waals surface area (Å²) in [6.07, 6.45) is -3.38. The molecule has 0 spiro atoms. The SMILES string of the molecule is CC(=O)NC1C(S)OC(CO)C(O)C1OC(C)C(=O)NC(C)Cc1ccccc1. The lowest BCUT2D eigenvalue weighted by Crippen LogP contribution is -2.64. The van der Waals surface area contributed by atoms with Crippen LogP contribution in [-0.4, -0.2) is 70.6 Å². The van der Waals surface area contributed by atoms with E-state index in [1.165, 1.54) is 6.92 Å². The van der Waals surface area contributed by atoms with E-state index in [-0.39, 0.29) is 17.9 Å². The van der Waals surface area contributed by atoms with Gasteiger partial charge in [-0.1, -0.05) is 30.3 Å². The lowest BCUT2D eigenvalue weighted by atomic mass is 9.97. The van der Waals surface area contributed by atoms with Gasteiger partial charge >= 0.3 is 0 Å². The van der Waals surface area contributed by atoms with Crippen LogP contribution in [0, 0.1) is 0 Å². The van der Waals surface area contributed by atoms with Gasteiger partial charge in [0, 0.05) is 13.0 Å². The number of aliphatic hydroxyl groups is 2. The standard InChI is InChI=1S/C20H30N2O6S/c1-11(9-14-7-5-4-6-8-14)21-19(26)12(2)27-18-16(22-13(3)24)20(29)28-15(10-23)17(18)25/h4-8,11-12,15-18,20,23,25,29H,9-10H2,1-3H3,(H,21,26)(H,22,24). The zero-order chi connectivity index (χ0) is 21.6. The first-order valence-corrected chi connectivity index (χ1v) is 10.1. The maximum atomic E-state index is 12.6. The van der Waals surface area contributed by atoms with E-state index in [0.717, 1.165) is 5.56 Å². The van der Waals surface area contributed by atoms with Crippen LogP contribution in [0.25, 0.3) is 0 Å². The minimum Gasteiger partial charge on any atom is -0.394 e. The van der Waals surface area contributed by atoms with Crippen LogP contribution in [0.5, 0.6) is 0 Å². The van der Waals surface area contributed by atoms with Gasteiger partial charge in [0.25, 0.3) is 0 Å². The van der Waals surface area contributed by atoms with E-state index in [2.05, 4.69) is 23.3 Å². The van der Waals surface area contributed by atoms with E-state index in [9.17, 15) is 19.8 Å². The highest BCUT2D eigenvalue weighted by atomic mass is 32.1. The van der Waals surface area contributed by atoms with E-state index < -0.39 is 42.5 Å². The molecule has 7 unspecified atom stereocenters. The van der Waals surface area contributed by atoms with Gasteiger partial charge < -0.3 is 30.3 Å². The maximum absolute atomic E-state index is 12.6. The molecular formula is C20H30N2O6S. The molecule has 1 saturated heterocycles. The molecule has 1 fully saturated rings. The van der Waals surface area contributed by atoms with E-state index in [1.54, 1.807) is 6.92 Å². The summed E-state index contributed by atoms with van der Waals surface area (Å²) in [5.41, 5.74) is 0.292. The molecule has 1 heterocycles. The van der Waals surface area contributed by atoms with E-state index >= 15 is 0 Å². The summed E-state index contributed by atoms with van der Waals surface area (Å²) < 4.78 is 11.2. The molecule has 0 saturated carbocycles. The van der Waals surface area contributed by atoms with Crippen LogP contribution in [0.15, 0.2) is 30.3 Å². The monoisotopic (exact) mass is 426 g/mol. The van der Waals surface area contributed by atoms with Gasteiger partial charge in [-0.2, -0.15) is 0 Å². The largest absolute Gasteiger partial charge is 0.394 e. The van der Waals surface area contributed by atoms with Gasteiger partial charge in [-0.3, -0.25) is 9.59 Å². The Morgan fingerprint density at radius 2 is 1.93 bits per heavy atom. The summed E-state index contributed by atoms with van der Waals surface area (Å²) in [7, 11) is 0. The first kappa shape index (κ1) is 23.6. The number of nitrogens with one attached hydrogen (secondary N) is 2. The quantitative estimate of drug-likeness (QED) is 0.374. The molecule has 9 heteroatoms. The minimum atomic E-state index is -1.24. The van der Waals surface area contributed by atoms with Gasteiger partial charge in [-0.25, -0.2) is 0 Å². The minimum absolute atomic E-state index is 0.121. The maximum Gasteiger partial charge on any atom is 0.249 e. The van der Waals surface area contributed by atoms with Gasteiger partial charge in [0.05, 0.1) is 12.6 Å². The number of rotatable bonds is 8. The fourth-order valence-electron chi connectivity index (χ4n) is 3.31. The van der Waals surface area contributed by atoms with E-state index in [4.69, 9.17) is 9.47 Å². The zero-order valence-corrected chi connectivity index (χ0v) is 17.7. The smallest absolute Gasteiger partial charge is 0.249 e. The molecule has 1 aromatic carbocycles. The van der Waals surface area contributed by atoms with Crippen molar-refractivity contribution < 1.29 is 29.3 Å². The van der Waals surface area contributed by atoms with Crippen LogP contribution >= 0.6 is 12.6 Å². The molecule has 7 atom stereocenters. The van der Waals surface area contributed by atoms with E-state index in [0.29, 0.717) is 6.42 Å². The third-order valence-corrected chi connectivity index (χ3v) is 5.19. The molecule has 0 bridgehead atoms. The number of hydrogen-bond donors (Lipinski definition) is 5. The third kappa shape index (κ3) is 6.68. The van der Waals surface area contributed by atoms with Gasteiger partial charge in [0.2, 0.25) is 11.8 Å². The zero-order valence-electron chi connectivity index (χ0n) is 16.8. The van der Waals surface area contributed by atoms with Crippen LogP contribution in [-0.2, 0) is 25.5 Å². The first-order chi connectivity index (χ1) is 13.7. The summed E-state index contributed by atoms with van der Waals surface area (Å²) in [5, 5.41) is 25.5. The van der Waals surface area contributed by atoms with Crippen molar-refractivity contribution in [3.8, 4) is 0 Å². The second-order valence-corrected chi connectivity index (χ2v) is 7.82. The number of thiol groups is 1. The molecule has 2 rings (SSSR count). The predicted molar refractivity (Wildman–Crippen MR) is 110 cm³/mol. The Labute approximate surface area is 176 Å². The number of hydrogen-bond acceptors (Lipinski definition) is 7. The van der Waals surface area contributed by atoms with Crippen molar-refractivity contribution in [1.82, 2.24) is 10.6 Å². The number of aliphatic hydroxyl groups excluding tert-OH is 2. The fourth-order valence-corrected chi connectivity index (χ4v) is 3.71. The molecule has 2 amide bonds. The molecule has 4 N–H and O–H groups in total. The van der Waals surface area contributed by atoms with Gasteiger partial charge in [-0.15, -0.1) is 12.6 Å². The molecule has 0 aromatic heterocycles. The topological polar surface area (TPSA) is 117 Å². The average molecular weight is 427 g/mol. The number of carbonyl (C=O) groups is 2. The highest BCUT2D eigenvalue weighted by Crippen LogP contribution is 2.26. The summed E-state index contributed by atoms with van der Waals surface area (Å²) in [6.45, 7) is 4.34. The second kappa shape index (κ2) is 10.9. The lowest BCUT2D eigenvalue weighted by molar-refractivity contribution is -0.199. The highest BCUT2D eigenvalue weighted by molar-refractivity contribution is 7.80. The van der Waals surface area contributed by atoms with Crippen LogP contribution in [0.1, 0.15) is 26.3 Å². The molecule has 1 aliphatic heterocycles. The number of benzene rings is 1. The van der Waals surface area contributed by atoms with Gasteiger partial charge in [-0.05, 0) is 25.8 Å². The van der Waals surface area contributed by atoms with Gasteiger partial charge in [0.15, 0.2) is 0 Å². The van der Waals surface area contributed by atoms with Crippen molar-refractivity contribution in [2.75, 3.05) is 6.61 Å². The molecule has 1 aromatic rings. The summed E-state index contributed by atoms with van der Waals surface area (Å²) in [4.78, 5) is 24.1. The summed E-state index contributed by atoms with van der Waals surface area (Å²) >= 11 is 4.29. The van der Waals surface area contributed by atoms with Crippen molar-refractivity contribution >= 4 is 24.4 Å². The average Bonchev–Trinajstić information content (AvgIpc) is 2.67.